The summed E-state index contributed by atoms with van der Waals surface area (Å²) in [6.07, 6.45) is 4.47. The molecule has 0 saturated carbocycles. The SMILES string of the molecule is Nc1cnc(CN2C(=O)CCc3ccccc32)cn1. The van der Waals surface area contributed by atoms with Crippen LogP contribution in [0.5, 0.6) is 0 Å². The number of carbonyl (C=O) groups is 1. The van der Waals surface area contributed by atoms with Gasteiger partial charge in [0.05, 0.1) is 24.6 Å². The first-order chi connectivity index (χ1) is 9.24. The first-order valence-electron chi connectivity index (χ1n) is 6.19. The number of fused-ring (bicyclic) bond motifs is 1. The number of aryl methyl sites for hydroxylation is 1. The molecule has 0 aliphatic carbocycles. The van der Waals surface area contributed by atoms with Crippen LogP contribution in [0, 0.1) is 0 Å². The second-order valence-corrected chi connectivity index (χ2v) is 4.54. The summed E-state index contributed by atoms with van der Waals surface area (Å²) >= 11 is 0. The van der Waals surface area contributed by atoms with Crippen molar-refractivity contribution in [3.63, 3.8) is 0 Å². The average Bonchev–Trinajstić information content (AvgIpc) is 2.44. The highest BCUT2D eigenvalue weighted by atomic mass is 16.2. The number of nitrogens with zero attached hydrogens (tertiary/aromatic N) is 3. The van der Waals surface area contributed by atoms with E-state index >= 15 is 0 Å². The third-order valence-electron chi connectivity index (χ3n) is 3.24. The third-order valence-corrected chi connectivity index (χ3v) is 3.24. The quantitative estimate of drug-likeness (QED) is 0.882. The number of hydrogen-bond acceptors (Lipinski definition) is 4. The summed E-state index contributed by atoms with van der Waals surface area (Å²) in [4.78, 5) is 22.0. The standard InChI is InChI=1S/C14H14N4O/c15-13-8-16-11(7-17-13)9-18-12-4-2-1-3-10(12)5-6-14(18)19/h1-4,7-8H,5-6,9H2,(H2,15,17). The number of nitrogens with two attached hydrogens (primary N) is 1. The lowest BCUT2D eigenvalue weighted by atomic mass is 10.0. The van der Waals surface area contributed by atoms with Gasteiger partial charge >= 0.3 is 0 Å². The lowest BCUT2D eigenvalue weighted by molar-refractivity contribution is -0.119. The van der Waals surface area contributed by atoms with E-state index in [2.05, 4.69) is 16.0 Å². The minimum Gasteiger partial charge on any atom is -0.382 e. The predicted molar refractivity (Wildman–Crippen MR) is 72.4 cm³/mol. The second-order valence-electron chi connectivity index (χ2n) is 4.54. The van der Waals surface area contributed by atoms with E-state index in [0.29, 0.717) is 18.8 Å². The van der Waals surface area contributed by atoms with Crippen LogP contribution in [0.25, 0.3) is 0 Å². The molecule has 0 saturated heterocycles. The van der Waals surface area contributed by atoms with Crippen LogP contribution in [0.2, 0.25) is 0 Å². The molecule has 1 aromatic carbocycles. The predicted octanol–water partition coefficient (Wildman–Crippen LogP) is 1.54. The van der Waals surface area contributed by atoms with Crippen LogP contribution in [-0.4, -0.2) is 15.9 Å². The molecule has 0 fully saturated rings. The van der Waals surface area contributed by atoms with Gasteiger partial charge in [-0.1, -0.05) is 18.2 Å². The topological polar surface area (TPSA) is 72.1 Å². The Hall–Kier alpha value is -2.43. The van der Waals surface area contributed by atoms with Crippen molar-refractivity contribution >= 4 is 17.4 Å². The molecule has 2 N–H and O–H groups in total. The van der Waals surface area contributed by atoms with Crippen LogP contribution in [-0.2, 0) is 17.8 Å². The molecule has 2 heterocycles. The maximum absolute atomic E-state index is 12.1. The minimum absolute atomic E-state index is 0.123. The van der Waals surface area contributed by atoms with Gasteiger partial charge in [-0.2, -0.15) is 0 Å². The van der Waals surface area contributed by atoms with Gasteiger partial charge in [-0.05, 0) is 18.1 Å². The largest absolute Gasteiger partial charge is 0.382 e. The molecule has 19 heavy (non-hydrogen) atoms. The molecule has 1 aliphatic heterocycles. The first-order valence-corrected chi connectivity index (χ1v) is 6.19. The minimum atomic E-state index is 0.123. The van der Waals surface area contributed by atoms with E-state index in [9.17, 15) is 4.79 Å². The Morgan fingerprint density at radius 1 is 1.16 bits per heavy atom. The van der Waals surface area contributed by atoms with Crippen molar-refractivity contribution in [2.75, 3.05) is 10.6 Å². The zero-order valence-corrected chi connectivity index (χ0v) is 10.4. The molecule has 0 radical (unpaired) electrons. The number of aromatic nitrogens is 2. The number of nitrogen functional groups attached to an aromatic ring is 1. The Balaban J connectivity index is 1.91. The lowest BCUT2D eigenvalue weighted by Crippen LogP contribution is -2.34. The van der Waals surface area contributed by atoms with Gasteiger partial charge in [0, 0.05) is 12.1 Å². The van der Waals surface area contributed by atoms with Crippen LogP contribution in [0.1, 0.15) is 17.7 Å². The van der Waals surface area contributed by atoms with E-state index in [-0.39, 0.29) is 5.91 Å². The van der Waals surface area contributed by atoms with Gasteiger partial charge in [-0.15, -0.1) is 0 Å². The molecule has 5 heteroatoms. The molecule has 96 valence electrons. The fourth-order valence-electron chi connectivity index (χ4n) is 2.28. The highest BCUT2D eigenvalue weighted by molar-refractivity contribution is 5.96. The fraction of sp³-hybridized carbons (Fsp3) is 0.214. The molecule has 1 aromatic heterocycles. The number of benzene rings is 1. The number of carbonyl (C=O) groups excluding carboxylic acids is 1. The average molecular weight is 254 g/mol. The van der Waals surface area contributed by atoms with Crippen LogP contribution < -0.4 is 10.6 Å². The summed E-state index contributed by atoms with van der Waals surface area (Å²) in [5, 5.41) is 0. The van der Waals surface area contributed by atoms with Crippen molar-refractivity contribution in [1.82, 2.24) is 9.97 Å². The zero-order valence-electron chi connectivity index (χ0n) is 10.4. The number of hydrogen-bond donors (Lipinski definition) is 1. The van der Waals surface area contributed by atoms with E-state index < -0.39 is 0 Å². The molecule has 0 bridgehead atoms. The van der Waals surface area contributed by atoms with Crippen LogP contribution in [0.15, 0.2) is 36.7 Å². The van der Waals surface area contributed by atoms with Gasteiger partial charge in [0.25, 0.3) is 0 Å². The monoisotopic (exact) mass is 254 g/mol. The van der Waals surface area contributed by atoms with Crippen molar-refractivity contribution in [3.8, 4) is 0 Å². The van der Waals surface area contributed by atoms with Gasteiger partial charge < -0.3 is 10.6 Å². The molecule has 0 spiro atoms. The number of amides is 1. The van der Waals surface area contributed by atoms with E-state index in [0.717, 1.165) is 17.8 Å². The summed E-state index contributed by atoms with van der Waals surface area (Å²) in [5.41, 5.74) is 8.41. The Kier molecular flexibility index (Phi) is 2.87. The third kappa shape index (κ3) is 2.27. The van der Waals surface area contributed by atoms with Gasteiger partial charge in [-0.3, -0.25) is 9.78 Å². The van der Waals surface area contributed by atoms with Crippen molar-refractivity contribution in [1.29, 1.82) is 0 Å². The van der Waals surface area contributed by atoms with E-state index in [1.807, 2.05) is 18.2 Å². The Labute approximate surface area is 111 Å². The smallest absolute Gasteiger partial charge is 0.227 e. The zero-order chi connectivity index (χ0) is 13.2. The van der Waals surface area contributed by atoms with E-state index in [1.54, 1.807) is 11.1 Å². The summed E-state index contributed by atoms with van der Waals surface area (Å²) in [7, 11) is 0. The van der Waals surface area contributed by atoms with Crippen molar-refractivity contribution in [2.24, 2.45) is 0 Å². The molecular weight excluding hydrogens is 240 g/mol. The summed E-state index contributed by atoms with van der Waals surface area (Å²) in [6.45, 7) is 0.434. The highest BCUT2D eigenvalue weighted by Crippen LogP contribution is 2.28. The molecular formula is C14H14N4O. The molecule has 3 rings (SSSR count). The number of rotatable bonds is 2. The fourth-order valence-corrected chi connectivity index (χ4v) is 2.28. The maximum atomic E-state index is 12.1. The van der Waals surface area contributed by atoms with Crippen LogP contribution in [0.3, 0.4) is 0 Å². The van der Waals surface area contributed by atoms with Crippen molar-refractivity contribution in [3.05, 3.63) is 47.9 Å². The van der Waals surface area contributed by atoms with E-state index in [4.69, 9.17) is 5.73 Å². The summed E-state index contributed by atoms with van der Waals surface area (Å²) < 4.78 is 0. The highest BCUT2D eigenvalue weighted by Gasteiger charge is 2.24. The van der Waals surface area contributed by atoms with Gasteiger partial charge in [0.1, 0.15) is 5.82 Å². The van der Waals surface area contributed by atoms with Gasteiger partial charge in [0.15, 0.2) is 0 Å². The summed E-state index contributed by atoms with van der Waals surface area (Å²) in [5.74, 6) is 0.506. The Morgan fingerprint density at radius 2 is 2.00 bits per heavy atom. The van der Waals surface area contributed by atoms with Gasteiger partial charge in [0.2, 0.25) is 5.91 Å². The normalized spacial score (nSPS) is 14.3. The summed E-state index contributed by atoms with van der Waals surface area (Å²) in [6, 6.07) is 7.97. The Morgan fingerprint density at radius 3 is 2.79 bits per heavy atom. The van der Waals surface area contributed by atoms with Gasteiger partial charge in [-0.25, -0.2) is 4.98 Å². The molecule has 2 aromatic rings. The molecule has 1 amide bonds. The molecule has 1 aliphatic rings. The molecule has 0 unspecified atom stereocenters. The second kappa shape index (κ2) is 4.68. The van der Waals surface area contributed by atoms with Crippen LogP contribution >= 0.6 is 0 Å². The number of anilines is 2. The Bertz CT molecular complexity index is 609. The molecule has 0 atom stereocenters. The van der Waals surface area contributed by atoms with E-state index in [1.165, 1.54) is 11.8 Å². The lowest BCUT2D eigenvalue weighted by Gasteiger charge is -2.29. The first kappa shape index (κ1) is 11.6. The molecule has 5 nitrogen and oxygen atoms in total. The van der Waals surface area contributed by atoms with Crippen molar-refractivity contribution in [2.45, 2.75) is 19.4 Å². The van der Waals surface area contributed by atoms with Crippen molar-refractivity contribution < 1.29 is 4.79 Å². The number of para-hydroxylation sites is 1. The maximum Gasteiger partial charge on any atom is 0.227 e. The van der Waals surface area contributed by atoms with Crippen LogP contribution in [0.4, 0.5) is 11.5 Å².